The van der Waals surface area contributed by atoms with Gasteiger partial charge in [-0.05, 0) is 48.5 Å². The Balaban J connectivity index is 1.69. The predicted octanol–water partition coefficient (Wildman–Crippen LogP) is 1.82. The van der Waals surface area contributed by atoms with Gasteiger partial charge in [0.1, 0.15) is 0 Å². The molecule has 2 aromatic rings. The van der Waals surface area contributed by atoms with Gasteiger partial charge < -0.3 is 10.4 Å². The summed E-state index contributed by atoms with van der Waals surface area (Å²) in [4.78, 5) is 0.141. The molecule has 0 spiro atoms. The standard InChI is InChI=1S/C16H17BrN2O5S2/c17-11-1-7-14(8-2-11)26(23,24)19-13-5-3-12(4-6-13)18-15-9-25(21,22)10-16(15)20/h1-8,15-16,18-20H,9-10H2/t15-,16+/m1/s1. The van der Waals surface area contributed by atoms with Gasteiger partial charge in [0.05, 0.1) is 28.5 Å². The number of rotatable bonds is 5. The van der Waals surface area contributed by atoms with Crippen molar-refractivity contribution in [3.63, 3.8) is 0 Å². The maximum absolute atomic E-state index is 12.3. The van der Waals surface area contributed by atoms with Crippen LogP contribution >= 0.6 is 15.9 Å². The van der Waals surface area contributed by atoms with Crippen LogP contribution < -0.4 is 10.0 Å². The molecule has 1 aliphatic heterocycles. The van der Waals surface area contributed by atoms with Gasteiger partial charge in [0.2, 0.25) is 0 Å². The second kappa shape index (κ2) is 7.18. The average Bonchev–Trinajstić information content (AvgIpc) is 2.81. The van der Waals surface area contributed by atoms with Gasteiger partial charge in [-0.3, -0.25) is 4.72 Å². The lowest BCUT2D eigenvalue weighted by atomic mass is 10.2. The SMILES string of the molecule is O=S1(=O)C[C@H](O)[C@H](Nc2ccc(NS(=O)(=O)c3ccc(Br)cc3)cc2)C1. The van der Waals surface area contributed by atoms with E-state index in [4.69, 9.17) is 0 Å². The minimum atomic E-state index is -3.70. The number of hydrogen-bond donors (Lipinski definition) is 3. The third-order valence-electron chi connectivity index (χ3n) is 3.94. The molecule has 0 amide bonds. The maximum Gasteiger partial charge on any atom is 0.261 e. The molecule has 0 aliphatic carbocycles. The highest BCUT2D eigenvalue weighted by molar-refractivity contribution is 9.10. The zero-order valence-corrected chi connectivity index (χ0v) is 16.7. The van der Waals surface area contributed by atoms with E-state index in [0.717, 1.165) is 4.47 Å². The average molecular weight is 461 g/mol. The third-order valence-corrected chi connectivity index (χ3v) is 7.58. The molecule has 1 heterocycles. The van der Waals surface area contributed by atoms with Crippen LogP contribution in [0.3, 0.4) is 0 Å². The van der Waals surface area contributed by atoms with Crippen molar-refractivity contribution in [2.45, 2.75) is 17.0 Å². The van der Waals surface area contributed by atoms with E-state index in [0.29, 0.717) is 11.4 Å². The second-order valence-corrected chi connectivity index (χ2v) is 10.8. The quantitative estimate of drug-likeness (QED) is 0.626. The number of halogens is 1. The predicted molar refractivity (Wildman–Crippen MR) is 103 cm³/mol. The Morgan fingerprint density at radius 2 is 1.54 bits per heavy atom. The second-order valence-electron chi connectivity index (χ2n) is 6.03. The topological polar surface area (TPSA) is 113 Å². The van der Waals surface area contributed by atoms with Crippen LogP contribution in [-0.4, -0.2) is 45.6 Å². The highest BCUT2D eigenvalue weighted by Gasteiger charge is 2.36. The first-order chi connectivity index (χ1) is 12.1. The van der Waals surface area contributed by atoms with E-state index in [-0.39, 0.29) is 16.4 Å². The molecule has 140 valence electrons. The van der Waals surface area contributed by atoms with Gasteiger partial charge in [-0.1, -0.05) is 15.9 Å². The number of nitrogens with one attached hydrogen (secondary N) is 2. The number of aliphatic hydroxyl groups excluding tert-OH is 1. The van der Waals surface area contributed by atoms with Crippen molar-refractivity contribution in [2.75, 3.05) is 21.5 Å². The number of sulfonamides is 1. The number of sulfone groups is 1. The minimum absolute atomic E-state index is 0.133. The van der Waals surface area contributed by atoms with Crippen molar-refractivity contribution < 1.29 is 21.9 Å². The molecule has 1 saturated heterocycles. The van der Waals surface area contributed by atoms with Crippen LogP contribution in [0.15, 0.2) is 57.9 Å². The summed E-state index contributed by atoms with van der Waals surface area (Å²) < 4.78 is 51.0. The number of hydrogen-bond acceptors (Lipinski definition) is 6. The van der Waals surface area contributed by atoms with Crippen molar-refractivity contribution in [3.8, 4) is 0 Å². The molecule has 1 aliphatic rings. The van der Waals surface area contributed by atoms with Crippen LogP contribution in [0.5, 0.6) is 0 Å². The van der Waals surface area contributed by atoms with Crippen molar-refractivity contribution in [1.82, 2.24) is 0 Å². The summed E-state index contributed by atoms with van der Waals surface area (Å²) in [5, 5.41) is 12.8. The van der Waals surface area contributed by atoms with Gasteiger partial charge in [-0.15, -0.1) is 0 Å². The Labute approximate surface area is 160 Å². The van der Waals surface area contributed by atoms with Crippen LogP contribution in [-0.2, 0) is 19.9 Å². The molecule has 7 nitrogen and oxygen atoms in total. The van der Waals surface area contributed by atoms with Crippen LogP contribution in [0.2, 0.25) is 0 Å². The number of anilines is 2. The summed E-state index contributed by atoms with van der Waals surface area (Å²) in [5.74, 6) is -0.387. The Bertz CT molecular complexity index is 990. The van der Waals surface area contributed by atoms with Crippen LogP contribution in [0.1, 0.15) is 0 Å². The van der Waals surface area contributed by atoms with Gasteiger partial charge in [-0.2, -0.15) is 0 Å². The summed E-state index contributed by atoms with van der Waals surface area (Å²) in [5.41, 5.74) is 0.968. The molecule has 26 heavy (non-hydrogen) atoms. The Morgan fingerprint density at radius 1 is 0.962 bits per heavy atom. The maximum atomic E-state index is 12.3. The fourth-order valence-corrected chi connectivity index (χ4v) is 5.71. The molecule has 3 N–H and O–H groups in total. The van der Waals surface area contributed by atoms with E-state index < -0.39 is 32.0 Å². The first-order valence-corrected chi connectivity index (χ1v) is 11.8. The van der Waals surface area contributed by atoms with E-state index in [1.807, 2.05) is 0 Å². The molecular formula is C16H17BrN2O5S2. The molecule has 10 heteroatoms. The first-order valence-electron chi connectivity index (χ1n) is 7.68. The first kappa shape index (κ1) is 19.2. The van der Waals surface area contributed by atoms with Gasteiger partial charge in [0.15, 0.2) is 9.84 Å². The number of benzene rings is 2. The van der Waals surface area contributed by atoms with E-state index in [1.54, 1.807) is 36.4 Å². The summed E-state index contributed by atoms with van der Waals surface area (Å²) in [6.45, 7) is 0. The van der Waals surface area contributed by atoms with Crippen LogP contribution in [0.4, 0.5) is 11.4 Å². The van der Waals surface area contributed by atoms with Crippen molar-refractivity contribution in [3.05, 3.63) is 53.0 Å². The van der Waals surface area contributed by atoms with Gasteiger partial charge in [0, 0.05) is 15.8 Å². The van der Waals surface area contributed by atoms with Gasteiger partial charge in [0.25, 0.3) is 10.0 Å². The summed E-state index contributed by atoms with van der Waals surface area (Å²) in [6, 6.07) is 12.1. The molecular weight excluding hydrogens is 444 g/mol. The Kier molecular flexibility index (Phi) is 5.29. The molecule has 3 rings (SSSR count). The molecule has 0 aromatic heterocycles. The largest absolute Gasteiger partial charge is 0.390 e. The molecule has 2 aromatic carbocycles. The van der Waals surface area contributed by atoms with Crippen LogP contribution in [0.25, 0.3) is 0 Å². The smallest absolute Gasteiger partial charge is 0.261 e. The monoisotopic (exact) mass is 460 g/mol. The summed E-state index contributed by atoms with van der Waals surface area (Å²) in [6.07, 6.45) is -0.962. The molecule has 0 bridgehead atoms. The van der Waals surface area contributed by atoms with Crippen molar-refractivity contribution >= 4 is 47.2 Å². The lowest BCUT2D eigenvalue weighted by Crippen LogP contribution is -2.31. The molecule has 0 saturated carbocycles. The van der Waals surface area contributed by atoms with Crippen LogP contribution in [0, 0.1) is 0 Å². The number of aliphatic hydroxyl groups is 1. The highest BCUT2D eigenvalue weighted by atomic mass is 79.9. The normalized spacial score (nSPS) is 22.1. The van der Waals surface area contributed by atoms with E-state index in [1.165, 1.54) is 12.1 Å². The van der Waals surface area contributed by atoms with E-state index in [9.17, 15) is 21.9 Å². The molecule has 2 atom stereocenters. The Morgan fingerprint density at radius 3 is 2.08 bits per heavy atom. The Hall–Kier alpha value is -1.62. The fraction of sp³-hybridized carbons (Fsp3) is 0.250. The summed E-state index contributed by atoms with van der Waals surface area (Å²) >= 11 is 3.26. The van der Waals surface area contributed by atoms with E-state index in [2.05, 4.69) is 26.0 Å². The van der Waals surface area contributed by atoms with E-state index >= 15 is 0 Å². The molecule has 0 unspecified atom stereocenters. The fourth-order valence-electron chi connectivity index (χ4n) is 2.64. The lowest BCUT2D eigenvalue weighted by Gasteiger charge is -2.16. The third kappa shape index (κ3) is 4.56. The lowest BCUT2D eigenvalue weighted by molar-refractivity contribution is 0.190. The zero-order valence-electron chi connectivity index (χ0n) is 13.5. The van der Waals surface area contributed by atoms with Gasteiger partial charge >= 0.3 is 0 Å². The highest BCUT2D eigenvalue weighted by Crippen LogP contribution is 2.22. The van der Waals surface area contributed by atoms with Gasteiger partial charge in [-0.25, -0.2) is 16.8 Å². The van der Waals surface area contributed by atoms with Crippen molar-refractivity contribution in [2.24, 2.45) is 0 Å². The zero-order chi connectivity index (χ0) is 18.9. The molecule has 0 radical (unpaired) electrons. The minimum Gasteiger partial charge on any atom is -0.390 e. The molecule has 1 fully saturated rings. The summed E-state index contributed by atoms with van der Waals surface area (Å²) in [7, 11) is -6.94. The van der Waals surface area contributed by atoms with Crippen molar-refractivity contribution in [1.29, 1.82) is 0 Å².